The van der Waals surface area contributed by atoms with Crippen LogP contribution in [0.4, 0.5) is 0 Å². The first-order valence-corrected chi connectivity index (χ1v) is 7.73. The third kappa shape index (κ3) is 2.71. The summed E-state index contributed by atoms with van der Waals surface area (Å²) in [7, 11) is 0. The van der Waals surface area contributed by atoms with Gasteiger partial charge in [0.15, 0.2) is 0 Å². The van der Waals surface area contributed by atoms with Crippen molar-refractivity contribution in [2.45, 2.75) is 13.0 Å². The quantitative estimate of drug-likeness (QED) is 0.699. The Bertz CT molecular complexity index is 752. The minimum absolute atomic E-state index is 0.257. The number of hydrogen-bond donors (Lipinski definition) is 1. The summed E-state index contributed by atoms with van der Waals surface area (Å²) in [5.41, 5.74) is 10.6. The first-order valence-electron chi connectivity index (χ1n) is 6.65. The highest BCUT2D eigenvalue weighted by Gasteiger charge is 2.18. The summed E-state index contributed by atoms with van der Waals surface area (Å²) in [6.07, 6.45) is 1.73. The molecule has 0 aliphatic heterocycles. The molecule has 3 aromatic rings. The molecule has 106 valence electrons. The van der Waals surface area contributed by atoms with Crippen molar-refractivity contribution in [3.63, 3.8) is 0 Å². The highest BCUT2D eigenvalue weighted by molar-refractivity contribution is 14.1. The van der Waals surface area contributed by atoms with Gasteiger partial charge in [0.05, 0.1) is 23.6 Å². The molecule has 0 bridgehead atoms. The lowest BCUT2D eigenvalue weighted by Gasteiger charge is -2.16. The largest absolute Gasteiger partial charge is 0.319 e. The van der Waals surface area contributed by atoms with E-state index in [1.54, 1.807) is 10.9 Å². The summed E-state index contributed by atoms with van der Waals surface area (Å²) in [5, 5.41) is 8.20. The summed E-state index contributed by atoms with van der Waals surface area (Å²) in [5.74, 6) is 0. The molecule has 0 radical (unpaired) electrons. The Balaban J connectivity index is 2.06. The fourth-order valence-corrected chi connectivity index (χ4v) is 2.99. The van der Waals surface area contributed by atoms with Crippen molar-refractivity contribution in [2.24, 2.45) is 5.73 Å². The van der Waals surface area contributed by atoms with Gasteiger partial charge in [0.1, 0.15) is 0 Å². The number of aromatic nitrogens is 3. The lowest BCUT2D eigenvalue weighted by Crippen LogP contribution is -2.18. The Hall–Kier alpha value is -1.73. The molecule has 0 fully saturated rings. The van der Waals surface area contributed by atoms with E-state index in [4.69, 9.17) is 5.73 Å². The number of halogens is 1. The molecule has 0 saturated carbocycles. The predicted molar refractivity (Wildman–Crippen MR) is 91.3 cm³/mol. The first-order chi connectivity index (χ1) is 10.2. The lowest BCUT2D eigenvalue weighted by atomic mass is 10.0. The highest BCUT2D eigenvalue weighted by Crippen LogP contribution is 2.27. The van der Waals surface area contributed by atoms with Crippen LogP contribution in [0.25, 0.3) is 5.69 Å². The molecule has 1 heterocycles. The van der Waals surface area contributed by atoms with Gasteiger partial charge < -0.3 is 5.73 Å². The Labute approximate surface area is 137 Å². The Kier molecular flexibility index (Phi) is 4.03. The molecule has 5 heteroatoms. The molecule has 2 N–H and O–H groups in total. The van der Waals surface area contributed by atoms with Crippen molar-refractivity contribution < 1.29 is 0 Å². The van der Waals surface area contributed by atoms with Crippen LogP contribution in [0.15, 0.2) is 54.7 Å². The summed E-state index contributed by atoms with van der Waals surface area (Å²) < 4.78 is 2.98. The van der Waals surface area contributed by atoms with Crippen LogP contribution in [0, 0.1) is 10.5 Å². The number of benzene rings is 2. The minimum Gasteiger partial charge on any atom is -0.319 e. The van der Waals surface area contributed by atoms with Crippen LogP contribution >= 0.6 is 22.6 Å². The van der Waals surface area contributed by atoms with Crippen LogP contribution in [0.3, 0.4) is 0 Å². The Morgan fingerprint density at radius 1 is 1.10 bits per heavy atom. The van der Waals surface area contributed by atoms with Crippen molar-refractivity contribution in [1.29, 1.82) is 0 Å². The zero-order valence-corrected chi connectivity index (χ0v) is 13.7. The molecule has 1 unspecified atom stereocenters. The van der Waals surface area contributed by atoms with E-state index in [9.17, 15) is 0 Å². The molecule has 0 saturated heterocycles. The number of rotatable bonds is 3. The van der Waals surface area contributed by atoms with Gasteiger partial charge in [-0.05, 0) is 52.8 Å². The van der Waals surface area contributed by atoms with Crippen LogP contribution in [0.2, 0.25) is 0 Å². The third-order valence-corrected chi connectivity index (χ3v) is 4.93. The van der Waals surface area contributed by atoms with Crippen LogP contribution in [-0.4, -0.2) is 15.0 Å². The predicted octanol–water partition coefficient (Wildman–Crippen LogP) is 3.23. The van der Waals surface area contributed by atoms with Crippen molar-refractivity contribution in [3.05, 3.63) is 75.1 Å². The van der Waals surface area contributed by atoms with Gasteiger partial charge in [-0.2, -0.15) is 0 Å². The fourth-order valence-electron chi connectivity index (χ4n) is 2.29. The van der Waals surface area contributed by atoms with Gasteiger partial charge in [0.2, 0.25) is 0 Å². The van der Waals surface area contributed by atoms with Crippen LogP contribution in [-0.2, 0) is 0 Å². The molecule has 2 aromatic carbocycles. The molecule has 1 aromatic heterocycles. The summed E-state index contributed by atoms with van der Waals surface area (Å²) in [4.78, 5) is 0. The molecule has 3 rings (SSSR count). The molecule has 0 aliphatic rings. The molecule has 21 heavy (non-hydrogen) atoms. The fraction of sp³-hybridized carbons (Fsp3) is 0.125. The van der Waals surface area contributed by atoms with Crippen molar-refractivity contribution in [3.8, 4) is 5.69 Å². The van der Waals surface area contributed by atoms with Crippen molar-refractivity contribution >= 4 is 22.6 Å². The van der Waals surface area contributed by atoms with Gasteiger partial charge >= 0.3 is 0 Å². The molecule has 0 amide bonds. The number of nitrogens with two attached hydrogens (primary N) is 1. The molecule has 4 nitrogen and oxygen atoms in total. The van der Waals surface area contributed by atoms with E-state index in [-0.39, 0.29) is 6.04 Å². The van der Waals surface area contributed by atoms with Crippen LogP contribution in [0.5, 0.6) is 0 Å². The average Bonchev–Trinajstić information content (AvgIpc) is 3.00. The van der Waals surface area contributed by atoms with Gasteiger partial charge in [-0.1, -0.05) is 41.6 Å². The standard InChI is InChI=1S/C16H15IN4/c1-11-6-5-9-13(15(11)17)16(18)14-10-19-20-21(14)12-7-3-2-4-8-12/h2-10,16H,18H2,1H3. The monoisotopic (exact) mass is 390 g/mol. The summed E-state index contributed by atoms with van der Waals surface area (Å²) in [6.45, 7) is 2.09. The average molecular weight is 390 g/mol. The molecule has 1 atom stereocenters. The summed E-state index contributed by atoms with van der Waals surface area (Å²) >= 11 is 2.34. The Morgan fingerprint density at radius 3 is 2.62 bits per heavy atom. The zero-order chi connectivity index (χ0) is 14.8. The van der Waals surface area contributed by atoms with Gasteiger partial charge in [-0.25, -0.2) is 4.68 Å². The van der Waals surface area contributed by atoms with E-state index < -0.39 is 0 Å². The molecule has 0 spiro atoms. The van der Waals surface area contributed by atoms with Crippen molar-refractivity contribution in [2.75, 3.05) is 0 Å². The zero-order valence-electron chi connectivity index (χ0n) is 11.6. The van der Waals surface area contributed by atoms with Crippen LogP contribution < -0.4 is 5.73 Å². The molecule has 0 aliphatic carbocycles. The van der Waals surface area contributed by atoms with E-state index in [1.807, 2.05) is 36.4 Å². The third-order valence-electron chi connectivity index (χ3n) is 3.45. The van der Waals surface area contributed by atoms with Crippen LogP contribution in [0.1, 0.15) is 22.9 Å². The maximum absolute atomic E-state index is 6.46. The van der Waals surface area contributed by atoms with Gasteiger partial charge in [0, 0.05) is 3.57 Å². The number of hydrogen-bond acceptors (Lipinski definition) is 3. The lowest BCUT2D eigenvalue weighted by molar-refractivity contribution is 0.717. The first kappa shape index (κ1) is 14.2. The maximum Gasteiger partial charge on any atom is 0.0858 e. The highest BCUT2D eigenvalue weighted by atomic mass is 127. The summed E-state index contributed by atoms with van der Waals surface area (Å²) in [6, 6.07) is 15.8. The van der Waals surface area contributed by atoms with Crippen molar-refractivity contribution in [1.82, 2.24) is 15.0 Å². The smallest absolute Gasteiger partial charge is 0.0858 e. The van der Waals surface area contributed by atoms with E-state index in [0.29, 0.717) is 0 Å². The molecular formula is C16H15IN4. The SMILES string of the molecule is Cc1cccc(C(N)c2cnnn2-c2ccccc2)c1I. The van der Waals surface area contributed by atoms with E-state index in [0.717, 1.165) is 16.9 Å². The molecular weight excluding hydrogens is 375 g/mol. The topological polar surface area (TPSA) is 56.7 Å². The number of aryl methyl sites for hydroxylation is 1. The second-order valence-electron chi connectivity index (χ2n) is 4.86. The van der Waals surface area contributed by atoms with Gasteiger partial charge in [-0.3, -0.25) is 0 Å². The van der Waals surface area contributed by atoms with Gasteiger partial charge in [-0.15, -0.1) is 5.10 Å². The minimum atomic E-state index is -0.257. The van der Waals surface area contributed by atoms with E-state index in [2.05, 4.69) is 52.0 Å². The number of para-hydroxylation sites is 1. The number of nitrogens with zero attached hydrogens (tertiary/aromatic N) is 3. The normalized spacial score (nSPS) is 12.3. The second kappa shape index (κ2) is 5.95. The van der Waals surface area contributed by atoms with E-state index >= 15 is 0 Å². The van der Waals surface area contributed by atoms with E-state index in [1.165, 1.54) is 9.13 Å². The Morgan fingerprint density at radius 2 is 1.86 bits per heavy atom. The second-order valence-corrected chi connectivity index (χ2v) is 5.94. The maximum atomic E-state index is 6.46. The van der Waals surface area contributed by atoms with Gasteiger partial charge in [0.25, 0.3) is 0 Å².